The van der Waals surface area contributed by atoms with Crippen LogP contribution in [0.4, 0.5) is 30.8 Å². The molecular weight excluding hydrogens is 520 g/mol. The number of H-pyrrole nitrogens is 1. The fourth-order valence-corrected chi connectivity index (χ4v) is 4.37. The van der Waals surface area contributed by atoms with Gasteiger partial charge in [0.25, 0.3) is 5.91 Å². The van der Waals surface area contributed by atoms with Crippen molar-refractivity contribution >= 4 is 35.0 Å². The van der Waals surface area contributed by atoms with Gasteiger partial charge in [0.05, 0.1) is 11.9 Å². The third-order valence-electron chi connectivity index (χ3n) is 6.36. The number of nitrogens with two attached hydrogens (primary N) is 1. The van der Waals surface area contributed by atoms with E-state index in [1.165, 1.54) is 24.3 Å². The molecule has 0 spiro atoms. The second-order valence-corrected chi connectivity index (χ2v) is 9.25. The third-order valence-corrected chi connectivity index (χ3v) is 6.36. The number of nitrogens with zero attached hydrogens (tertiary/aromatic N) is 3. The summed E-state index contributed by atoms with van der Waals surface area (Å²) < 4.78 is 28.7. The van der Waals surface area contributed by atoms with Crippen LogP contribution in [-0.2, 0) is 9.59 Å². The van der Waals surface area contributed by atoms with Crippen LogP contribution < -0.4 is 21.3 Å². The van der Waals surface area contributed by atoms with Gasteiger partial charge in [0.1, 0.15) is 17.5 Å². The maximum absolute atomic E-state index is 15.3. The molecule has 2 aromatic carbocycles. The number of aromatic nitrogens is 3. The van der Waals surface area contributed by atoms with E-state index in [1.54, 1.807) is 38.5 Å². The average molecular weight is 544 g/mol. The molecular formula is C28H23F2N7O3. The number of nitrogens with one attached hydrogen (secondary N) is 3. The highest BCUT2D eigenvalue weighted by atomic mass is 19.1. The Bertz CT molecular complexity index is 1660. The number of carbonyl (C=O) groups is 3. The van der Waals surface area contributed by atoms with Crippen molar-refractivity contribution in [3.63, 3.8) is 0 Å². The first-order valence-electron chi connectivity index (χ1n) is 12.1. The van der Waals surface area contributed by atoms with Crippen LogP contribution in [-0.4, -0.2) is 33.0 Å². The van der Waals surface area contributed by atoms with Crippen molar-refractivity contribution in [2.75, 3.05) is 16.0 Å². The van der Waals surface area contributed by atoms with Gasteiger partial charge in [0.15, 0.2) is 5.92 Å². The molecule has 1 aliphatic rings. The molecule has 1 fully saturated rings. The standard InChI is InChI=1S/C28H23F2N7O3/c1-14(2)24-23(27(39)37(28(40)36-24)19-6-3-17(29)4-7-19)26(38)35-18-5-8-20(22(30)10-18)21-9-15(11-32-25(21)31)16-12-33-34-13-16/h3-13,23H,1-2H3,(H2,31,32)(H,33,34)(H,35,38)(H,36,40). The maximum Gasteiger partial charge on any atom is 0.332 e. The van der Waals surface area contributed by atoms with E-state index >= 15 is 4.39 Å². The van der Waals surface area contributed by atoms with Gasteiger partial charge < -0.3 is 16.4 Å². The Labute approximate surface area is 226 Å². The predicted octanol–water partition coefficient (Wildman–Crippen LogP) is 4.60. The highest BCUT2D eigenvalue weighted by molar-refractivity contribution is 6.25. The van der Waals surface area contributed by atoms with Gasteiger partial charge in [0, 0.05) is 46.0 Å². The van der Waals surface area contributed by atoms with Gasteiger partial charge in [-0.25, -0.2) is 23.5 Å². The Hall–Kier alpha value is -5.39. The van der Waals surface area contributed by atoms with Crippen molar-refractivity contribution in [2.24, 2.45) is 5.92 Å². The Balaban J connectivity index is 1.43. The zero-order valence-corrected chi connectivity index (χ0v) is 21.3. The number of hydrogen-bond donors (Lipinski definition) is 4. The summed E-state index contributed by atoms with van der Waals surface area (Å²) in [5.74, 6) is -4.19. The number of carbonyl (C=O) groups excluding carboxylic acids is 3. The van der Waals surface area contributed by atoms with Crippen LogP contribution in [0.3, 0.4) is 0 Å². The number of rotatable bonds is 5. The van der Waals surface area contributed by atoms with Gasteiger partial charge in [-0.3, -0.25) is 14.7 Å². The third kappa shape index (κ3) is 4.89. The molecule has 1 aliphatic heterocycles. The fraction of sp³-hybridized carbons (Fsp3) is 0.107. The van der Waals surface area contributed by atoms with Crippen molar-refractivity contribution in [3.05, 3.63) is 90.0 Å². The minimum atomic E-state index is -1.44. The molecule has 0 saturated carbocycles. The lowest BCUT2D eigenvalue weighted by atomic mass is 9.96. The number of pyridine rings is 1. The van der Waals surface area contributed by atoms with Crippen LogP contribution in [0.5, 0.6) is 0 Å². The first-order valence-corrected chi connectivity index (χ1v) is 12.1. The smallest absolute Gasteiger partial charge is 0.332 e. The van der Waals surface area contributed by atoms with Crippen molar-refractivity contribution in [1.29, 1.82) is 0 Å². The van der Waals surface area contributed by atoms with E-state index in [9.17, 15) is 18.8 Å². The monoisotopic (exact) mass is 543 g/mol. The number of hydrogen-bond acceptors (Lipinski definition) is 6. The Kier molecular flexibility index (Phi) is 6.82. The summed E-state index contributed by atoms with van der Waals surface area (Å²) in [5, 5.41) is 11.7. The molecule has 1 saturated heterocycles. The first-order chi connectivity index (χ1) is 19.1. The number of benzene rings is 2. The average Bonchev–Trinajstić information content (AvgIpc) is 3.45. The quantitative estimate of drug-likeness (QED) is 0.271. The van der Waals surface area contributed by atoms with Gasteiger partial charge in [-0.2, -0.15) is 5.10 Å². The van der Waals surface area contributed by atoms with Crippen LogP contribution in [0.25, 0.3) is 22.3 Å². The van der Waals surface area contributed by atoms with Gasteiger partial charge in [-0.15, -0.1) is 0 Å². The van der Waals surface area contributed by atoms with E-state index in [0.29, 0.717) is 16.7 Å². The van der Waals surface area contributed by atoms with E-state index in [4.69, 9.17) is 5.73 Å². The van der Waals surface area contributed by atoms with Crippen molar-refractivity contribution in [2.45, 2.75) is 13.8 Å². The van der Waals surface area contributed by atoms with Gasteiger partial charge in [0.2, 0.25) is 5.91 Å². The lowest BCUT2D eigenvalue weighted by Gasteiger charge is -2.33. The molecule has 0 radical (unpaired) electrons. The Morgan fingerprint density at radius 3 is 2.40 bits per heavy atom. The summed E-state index contributed by atoms with van der Waals surface area (Å²) in [5.41, 5.74) is 8.75. The fourth-order valence-electron chi connectivity index (χ4n) is 4.37. The van der Waals surface area contributed by atoms with Crippen molar-refractivity contribution in [1.82, 2.24) is 20.5 Å². The van der Waals surface area contributed by atoms with Crippen LogP contribution in [0.15, 0.2) is 78.4 Å². The van der Waals surface area contributed by atoms with Crippen LogP contribution in [0, 0.1) is 17.6 Å². The van der Waals surface area contributed by atoms with Crippen molar-refractivity contribution in [3.8, 4) is 22.3 Å². The molecule has 202 valence electrons. The lowest BCUT2D eigenvalue weighted by molar-refractivity contribution is -0.129. The number of amides is 4. The van der Waals surface area contributed by atoms with E-state index in [0.717, 1.165) is 28.7 Å². The molecule has 0 bridgehead atoms. The summed E-state index contributed by atoms with van der Waals surface area (Å²) in [6.45, 7) is 3.28. The molecule has 5 N–H and O–H groups in total. The molecule has 5 rings (SSSR count). The van der Waals surface area contributed by atoms with Crippen LogP contribution in [0.1, 0.15) is 13.8 Å². The number of aromatic amines is 1. The SMILES string of the molecule is CC(C)=C1NC(=O)N(c2ccc(F)cc2)C(=O)C1C(=O)Nc1ccc(-c2cc(-c3cn[nH]c3)cnc2N)c(F)c1. The molecule has 10 nitrogen and oxygen atoms in total. The largest absolute Gasteiger partial charge is 0.383 e. The number of urea groups is 1. The van der Waals surface area contributed by atoms with E-state index in [-0.39, 0.29) is 28.5 Å². The Morgan fingerprint density at radius 1 is 1.00 bits per heavy atom. The second kappa shape index (κ2) is 10.4. The first kappa shape index (κ1) is 26.2. The summed E-state index contributed by atoms with van der Waals surface area (Å²) in [4.78, 5) is 44.4. The Morgan fingerprint density at radius 2 is 1.75 bits per heavy atom. The summed E-state index contributed by atoms with van der Waals surface area (Å²) in [6, 6.07) is 9.60. The highest BCUT2D eigenvalue weighted by Gasteiger charge is 2.43. The minimum absolute atomic E-state index is 0.0786. The molecule has 12 heteroatoms. The molecule has 40 heavy (non-hydrogen) atoms. The molecule has 2 aromatic heterocycles. The van der Waals surface area contributed by atoms with E-state index in [2.05, 4.69) is 25.8 Å². The normalized spacial score (nSPS) is 15.2. The number of halogens is 2. The molecule has 3 heterocycles. The number of imide groups is 1. The molecule has 1 unspecified atom stereocenters. The van der Waals surface area contributed by atoms with Crippen molar-refractivity contribution < 1.29 is 23.2 Å². The molecule has 1 atom stereocenters. The topological polar surface area (TPSA) is 146 Å². The summed E-state index contributed by atoms with van der Waals surface area (Å²) in [6.07, 6.45) is 4.81. The summed E-state index contributed by atoms with van der Waals surface area (Å²) >= 11 is 0. The van der Waals surface area contributed by atoms with Crippen LogP contribution >= 0.6 is 0 Å². The number of anilines is 3. The maximum atomic E-state index is 15.3. The summed E-state index contributed by atoms with van der Waals surface area (Å²) in [7, 11) is 0. The van der Waals surface area contributed by atoms with Crippen LogP contribution in [0.2, 0.25) is 0 Å². The van der Waals surface area contributed by atoms with Gasteiger partial charge in [-0.05, 0) is 62.4 Å². The predicted molar refractivity (Wildman–Crippen MR) is 145 cm³/mol. The minimum Gasteiger partial charge on any atom is -0.383 e. The molecule has 0 aliphatic carbocycles. The number of allylic oxidation sites excluding steroid dienone is 1. The highest BCUT2D eigenvalue weighted by Crippen LogP contribution is 2.33. The van der Waals surface area contributed by atoms with E-state index < -0.39 is 35.4 Å². The lowest BCUT2D eigenvalue weighted by Crippen LogP contribution is -2.57. The molecule has 4 amide bonds. The zero-order valence-electron chi connectivity index (χ0n) is 21.3. The number of nitrogen functional groups attached to an aromatic ring is 1. The van der Waals surface area contributed by atoms with Gasteiger partial charge in [-0.1, -0.05) is 5.57 Å². The second-order valence-electron chi connectivity index (χ2n) is 9.25. The molecule has 4 aromatic rings. The zero-order chi connectivity index (χ0) is 28.6. The van der Waals surface area contributed by atoms with Gasteiger partial charge >= 0.3 is 6.03 Å². The van der Waals surface area contributed by atoms with E-state index in [1.807, 2.05) is 0 Å².